The van der Waals surface area contributed by atoms with Gasteiger partial charge in [0.25, 0.3) is 10.0 Å². The molecule has 1 aromatic heterocycles. The van der Waals surface area contributed by atoms with Crippen LogP contribution in [0.15, 0.2) is 59.5 Å². The van der Waals surface area contributed by atoms with Crippen LogP contribution >= 0.6 is 0 Å². The topological polar surface area (TPSA) is 111 Å². The van der Waals surface area contributed by atoms with E-state index in [2.05, 4.69) is 24.9 Å². The Morgan fingerprint density at radius 2 is 1.66 bits per heavy atom. The highest BCUT2D eigenvalue weighted by Gasteiger charge is 2.18. The molecule has 0 spiro atoms. The zero-order valence-electron chi connectivity index (χ0n) is 17.7. The molecule has 0 saturated carbocycles. The Hall–Kier alpha value is -3.64. The van der Waals surface area contributed by atoms with Crippen molar-refractivity contribution in [3.63, 3.8) is 0 Å². The van der Waals surface area contributed by atoms with Gasteiger partial charge in [-0.1, -0.05) is 12.1 Å². The molecule has 2 N–H and O–H groups in total. The number of hydrogen-bond acceptors (Lipinski definition) is 7. The maximum absolute atomic E-state index is 12.7. The van der Waals surface area contributed by atoms with Gasteiger partial charge in [0.2, 0.25) is 5.95 Å². The van der Waals surface area contributed by atoms with Crippen LogP contribution in [0.4, 0.5) is 23.1 Å². The molecule has 2 aromatic carbocycles. The van der Waals surface area contributed by atoms with Crippen LogP contribution in [0.25, 0.3) is 0 Å². The Kier molecular flexibility index (Phi) is 6.23. The first-order chi connectivity index (χ1) is 15.4. The van der Waals surface area contributed by atoms with Crippen molar-refractivity contribution in [3.8, 4) is 6.07 Å². The van der Waals surface area contributed by atoms with E-state index in [1.165, 1.54) is 31.4 Å². The standard InChI is InChI=1S/C23H24N6O2S/c1-17-15-22(29-13-5-2-6-14-29)27-23(25-17)26-19-9-11-20(12-10-19)28-32(30,31)21-8-4-3-7-18(21)16-24/h3-4,7-12,15,28H,2,5-6,13-14H2,1H3,(H,25,26,27). The lowest BCUT2D eigenvalue weighted by Crippen LogP contribution is -2.30. The maximum atomic E-state index is 12.7. The highest BCUT2D eigenvalue weighted by molar-refractivity contribution is 7.92. The van der Waals surface area contributed by atoms with Gasteiger partial charge >= 0.3 is 0 Å². The number of nitriles is 1. The Morgan fingerprint density at radius 3 is 2.38 bits per heavy atom. The van der Waals surface area contributed by atoms with E-state index in [0.717, 1.165) is 30.3 Å². The molecule has 164 valence electrons. The van der Waals surface area contributed by atoms with E-state index in [1.807, 2.05) is 19.1 Å². The van der Waals surface area contributed by atoms with E-state index >= 15 is 0 Å². The second-order valence-electron chi connectivity index (χ2n) is 7.65. The summed E-state index contributed by atoms with van der Waals surface area (Å²) in [6.07, 6.45) is 3.59. The Labute approximate surface area is 188 Å². The molecule has 32 heavy (non-hydrogen) atoms. The molecule has 0 unspecified atom stereocenters. The first-order valence-electron chi connectivity index (χ1n) is 10.4. The lowest BCUT2D eigenvalue weighted by atomic mass is 10.1. The quantitative estimate of drug-likeness (QED) is 0.581. The van der Waals surface area contributed by atoms with Crippen LogP contribution in [0.3, 0.4) is 0 Å². The molecule has 0 amide bonds. The van der Waals surface area contributed by atoms with Gasteiger partial charge in [0.05, 0.1) is 5.56 Å². The molecule has 3 aromatic rings. The number of benzene rings is 2. The van der Waals surface area contributed by atoms with Crippen molar-refractivity contribution in [3.05, 3.63) is 65.9 Å². The summed E-state index contributed by atoms with van der Waals surface area (Å²) in [6, 6.07) is 16.8. The summed E-state index contributed by atoms with van der Waals surface area (Å²) in [7, 11) is -3.87. The summed E-state index contributed by atoms with van der Waals surface area (Å²) in [4.78, 5) is 11.4. The Bertz CT molecular complexity index is 1250. The number of hydrogen-bond donors (Lipinski definition) is 2. The highest BCUT2D eigenvalue weighted by atomic mass is 32.2. The van der Waals surface area contributed by atoms with E-state index < -0.39 is 10.0 Å². The molecular weight excluding hydrogens is 424 g/mol. The lowest BCUT2D eigenvalue weighted by Gasteiger charge is -2.28. The molecule has 1 saturated heterocycles. The van der Waals surface area contributed by atoms with E-state index in [4.69, 9.17) is 0 Å². The molecule has 0 radical (unpaired) electrons. The maximum Gasteiger partial charge on any atom is 0.263 e. The lowest BCUT2D eigenvalue weighted by molar-refractivity contribution is 0.573. The van der Waals surface area contributed by atoms with E-state index in [-0.39, 0.29) is 10.5 Å². The molecule has 0 aliphatic carbocycles. The van der Waals surface area contributed by atoms with Crippen molar-refractivity contribution in [1.82, 2.24) is 9.97 Å². The minimum atomic E-state index is -3.87. The third kappa shape index (κ3) is 4.98. The fourth-order valence-electron chi connectivity index (χ4n) is 3.65. The number of aromatic nitrogens is 2. The SMILES string of the molecule is Cc1cc(N2CCCCC2)nc(Nc2ccc(NS(=O)(=O)c3ccccc3C#N)cc2)n1. The highest BCUT2D eigenvalue weighted by Crippen LogP contribution is 2.24. The average Bonchev–Trinajstić information content (AvgIpc) is 2.80. The second kappa shape index (κ2) is 9.24. The molecule has 0 atom stereocenters. The van der Waals surface area contributed by atoms with Gasteiger partial charge in [0.15, 0.2) is 0 Å². The number of anilines is 4. The predicted molar refractivity (Wildman–Crippen MR) is 125 cm³/mol. The van der Waals surface area contributed by atoms with Crippen molar-refractivity contribution in [2.24, 2.45) is 0 Å². The van der Waals surface area contributed by atoms with Gasteiger partial charge in [-0.15, -0.1) is 0 Å². The van der Waals surface area contributed by atoms with Crippen molar-refractivity contribution >= 4 is 33.2 Å². The Morgan fingerprint density at radius 1 is 0.969 bits per heavy atom. The number of aryl methyl sites for hydroxylation is 1. The third-order valence-corrected chi connectivity index (χ3v) is 6.65. The molecule has 1 aliphatic rings. The van der Waals surface area contributed by atoms with Crippen LogP contribution in [0, 0.1) is 18.3 Å². The summed E-state index contributed by atoms with van der Waals surface area (Å²) >= 11 is 0. The van der Waals surface area contributed by atoms with Gasteiger partial charge in [0.1, 0.15) is 16.8 Å². The minimum absolute atomic E-state index is 0.0527. The number of sulfonamides is 1. The van der Waals surface area contributed by atoms with Gasteiger partial charge in [-0.2, -0.15) is 10.2 Å². The van der Waals surface area contributed by atoms with Crippen LogP contribution in [-0.4, -0.2) is 31.5 Å². The Balaban J connectivity index is 1.49. The van der Waals surface area contributed by atoms with E-state index in [1.54, 1.807) is 36.4 Å². The molecule has 8 nitrogen and oxygen atoms in total. The molecular formula is C23H24N6O2S. The van der Waals surface area contributed by atoms with Crippen molar-refractivity contribution < 1.29 is 8.42 Å². The largest absolute Gasteiger partial charge is 0.356 e. The van der Waals surface area contributed by atoms with Crippen molar-refractivity contribution in [2.45, 2.75) is 31.1 Å². The number of nitrogens with one attached hydrogen (secondary N) is 2. The van der Waals surface area contributed by atoms with Crippen LogP contribution < -0.4 is 14.9 Å². The molecule has 9 heteroatoms. The zero-order chi connectivity index (χ0) is 22.6. The first-order valence-corrected chi connectivity index (χ1v) is 11.9. The van der Waals surface area contributed by atoms with Crippen LogP contribution in [0.2, 0.25) is 0 Å². The zero-order valence-corrected chi connectivity index (χ0v) is 18.6. The van der Waals surface area contributed by atoms with E-state index in [9.17, 15) is 13.7 Å². The summed E-state index contributed by atoms with van der Waals surface area (Å²) in [6.45, 7) is 3.94. The summed E-state index contributed by atoms with van der Waals surface area (Å²) < 4.78 is 27.9. The van der Waals surface area contributed by atoms with Crippen molar-refractivity contribution in [1.29, 1.82) is 5.26 Å². The van der Waals surface area contributed by atoms with Crippen LogP contribution in [0.1, 0.15) is 30.5 Å². The van der Waals surface area contributed by atoms with Gasteiger partial charge < -0.3 is 10.2 Å². The normalized spacial score (nSPS) is 13.9. The van der Waals surface area contributed by atoms with Gasteiger partial charge in [-0.25, -0.2) is 13.4 Å². The molecule has 4 rings (SSSR count). The molecule has 0 bridgehead atoms. The third-order valence-electron chi connectivity index (χ3n) is 5.21. The van der Waals surface area contributed by atoms with Crippen molar-refractivity contribution in [2.75, 3.05) is 28.0 Å². The van der Waals surface area contributed by atoms with E-state index in [0.29, 0.717) is 11.6 Å². The average molecular weight is 449 g/mol. The first kappa shape index (κ1) is 21.6. The predicted octanol–water partition coefficient (Wildman–Crippen LogP) is 4.19. The number of nitrogens with zero attached hydrogens (tertiary/aromatic N) is 4. The number of piperidine rings is 1. The van der Waals surface area contributed by atoms with Gasteiger partial charge in [0, 0.05) is 36.2 Å². The van der Waals surface area contributed by atoms with Gasteiger partial charge in [-0.3, -0.25) is 4.72 Å². The van der Waals surface area contributed by atoms with Crippen LogP contribution in [-0.2, 0) is 10.0 Å². The van der Waals surface area contributed by atoms with Crippen LogP contribution in [0.5, 0.6) is 0 Å². The smallest absolute Gasteiger partial charge is 0.263 e. The summed E-state index contributed by atoms with van der Waals surface area (Å²) in [5.41, 5.74) is 2.10. The fourth-order valence-corrected chi connectivity index (χ4v) is 4.86. The number of rotatable bonds is 6. The fraction of sp³-hybridized carbons (Fsp3) is 0.261. The minimum Gasteiger partial charge on any atom is -0.356 e. The summed E-state index contributed by atoms with van der Waals surface area (Å²) in [5.74, 6) is 1.42. The summed E-state index contributed by atoms with van der Waals surface area (Å²) in [5, 5.41) is 12.4. The molecule has 1 aliphatic heterocycles. The van der Waals surface area contributed by atoms with Gasteiger partial charge in [-0.05, 0) is 62.6 Å². The monoisotopic (exact) mass is 448 g/mol. The second-order valence-corrected chi connectivity index (χ2v) is 9.31. The molecule has 2 heterocycles. The molecule has 1 fully saturated rings.